The molecule has 0 aliphatic carbocycles. The van der Waals surface area contributed by atoms with E-state index in [1.807, 2.05) is 0 Å². The van der Waals surface area contributed by atoms with E-state index >= 15 is 0 Å². The van der Waals surface area contributed by atoms with E-state index in [-0.39, 0.29) is 6.10 Å². The van der Waals surface area contributed by atoms with Crippen LogP contribution in [0.5, 0.6) is 0 Å². The summed E-state index contributed by atoms with van der Waals surface area (Å²) in [5.74, 6) is -1.51. The molecule has 0 spiro atoms. The Balaban J connectivity index is 3.75. The molecule has 0 aliphatic heterocycles. The summed E-state index contributed by atoms with van der Waals surface area (Å²) >= 11 is 0. The van der Waals surface area contributed by atoms with Gasteiger partial charge in [0.05, 0.1) is 6.42 Å². The maximum Gasteiger partial charge on any atom is 0.335 e. The number of esters is 1. The van der Waals surface area contributed by atoms with Crippen molar-refractivity contribution in [2.75, 3.05) is 0 Å². The molecule has 6 nitrogen and oxygen atoms in total. The Morgan fingerprint density at radius 1 is 0.417 bits per heavy atom. The Kier molecular flexibility index (Phi) is 47.0. The van der Waals surface area contributed by atoms with E-state index in [0.717, 1.165) is 64.2 Å². The van der Waals surface area contributed by atoms with E-state index < -0.39 is 24.5 Å². The number of carbonyl (C=O) groups excluding carboxylic acids is 2. The molecule has 0 aromatic carbocycles. The molecule has 0 bridgehead atoms. The Hall–Kier alpha value is -1.69. The van der Waals surface area contributed by atoms with Crippen LogP contribution in [0.25, 0.3) is 0 Å². The average Bonchev–Trinajstić information content (AvgIpc) is 3.23. The second-order valence-corrected chi connectivity index (χ2v) is 18.6. The second-order valence-electron chi connectivity index (χ2n) is 18.6. The van der Waals surface area contributed by atoms with Crippen LogP contribution in [0.2, 0.25) is 0 Å². The van der Waals surface area contributed by atoms with Gasteiger partial charge in [0.25, 0.3) is 0 Å². The van der Waals surface area contributed by atoms with E-state index in [4.69, 9.17) is 9.84 Å². The number of carboxylic acid groups (broad SMARTS) is 1. The van der Waals surface area contributed by atoms with Crippen LogP contribution in [0.15, 0.2) is 12.2 Å². The molecule has 2 unspecified atom stereocenters. The van der Waals surface area contributed by atoms with Crippen molar-refractivity contribution in [3.05, 3.63) is 12.2 Å². The van der Waals surface area contributed by atoms with Gasteiger partial charge in [-0.15, -0.1) is 0 Å². The lowest BCUT2D eigenvalue weighted by atomic mass is 10.0. The summed E-state index contributed by atoms with van der Waals surface area (Å²) in [4.78, 5) is 35.6. The van der Waals surface area contributed by atoms with Crippen LogP contribution >= 0.6 is 0 Å². The summed E-state index contributed by atoms with van der Waals surface area (Å²) in [6.45, 7) is 4.54. The number of allylic oxidation sites excluding steroid dienone is 2. The number of hydrogen-bond donors (Lipinski definition) is 2. The molecule has 0 saturated heterocycles. The number of carbonyl (C=O) groups is 3. The van der Waals surface area contributed by atoms with Gasteiger partial charge in [-0.3, -0.25) is 9.59 Å². The summed E-state index contributed by atoms with van der Waals surface area (Å²) < 4.78 is 5.63. The molecule has 0 fully saturated rings. The molecular formula is C54H102O6. The number of Topliss-reactive ketones (excluding diaryl/α,β-unsaturated/α-hetero) is 1. The molecule has 0 aliphatic rings. The van der Waals surface area contributed by atoms with Gasteiger partial charge in [0, 0.05) is 12.8 Å². The molecule has 0 saturated carbocycles. The van der Waals surface area contributed by atoms with Gasteiger partial charge in [-0.2, -0.15) is 0 Å². The zero-order valence-corrected chi connectivity index (χ0v) is 40.2. The lowest BCUT2D eigenvalue weighted by Crippen LogP contribution is -2.30. The SMILES string of the molecule is CCCCCCCC/C=C\CCCCCCCC(=O)CCCCCCCCCCCCCCCC(CCCCCCCCCCCCCCCC)OC(=O)C(O)CC(=O)O. The van der Waals surface area contributed by atoms with Crippen molar-refractivity contribution in [2.45, 2.75) is 315 Å². The fraction of sp³-hybridized carbons (Fsp3) is 0.907. The summed E-state index contributed by atoms with van der Waals surface area (Å²) in [5, 5.41) is 18.9. The molecule has 2 atom stereocenters. The predicted molar refractivity (Wildman–Crippen MR) is 257 cm³/mol. The number of aliphatic hydroxyl groups is 1. The topological polar surface area (TPSA) is 101 Å². The average molecular weight is 847 g/mol. The highest BCUT2D eigenvalue weighted by Crippen LogP contribution is 2.20. The molecule has 354 valence electrons. The molecule has 0 aromatic heterocycles. The van der Waals surface area contributed by atoms with Crippen LogP contribution in [0, 0.1) is 0 Å². The van der Waals surface area contributed by atoms with Crippen molar-refractivity contribution in [1.29, 1.82) is 0 Å². The first-order valence-corrected chi connectivity index (χ1v) is 26.7. The van der Waals surface area contributed by atoms with Gasteiger partial charge in [0.2, 0.25) is 0 Å². The van der Waals surface area contributed by atoms with E-state index in [2.05, 4.69) is 26.0 Å². The van der Waals surface area contributed by atoms with Gasteiger partial charge in [0.1, 0.15) is 11.9 Å². The van der Waals surface area contributed by atoms with E-state index in [1.54, 1.807) is 0 Å². The molecule has 0 radical (unpaired) electrons. The van der Waals surface area contributed by atoms with Crippen LogP contribution in [0.4, 0.5) is 0 Å². The maximum absolute atomic E-state index is 12.4. The molecule has 2 N–H and O–H groups in total. The summed E-state index contributed by atoms with van der Waals surface area (Å²) in [6, 6.07) is 0. The highest BCUT2D eigenvalue weighted by molar-refractivity contribution is 5.80. The summed E-state index contributed by atoms with van der Waals surface area (Å²) in [5.41, 5.74) is 0. The largest absolute Gasteiger partial charge is 0.481 e. The number of unbranched alkanes of at least 4 members (excludes halogenated alkanes) is 36. The van der Waals surface area contributed by atoms with Crippen molar-refractivity contribution in [1.82, 2.24) is 0 Å². The summed E-state index contributed by atoms with van der Waals surface area (Å²) in [6.07, 6.45) is 56.4. The van der Waals surface area contributed by atoms with Gasteiger partial charge in [0.15, 0.2) is 6.10 Å². The van der Waals surface area contributed by atoms with Gasteiger partial charge in [-0.05, 0) is 64.2 Å². The normalized spacial score (nSPS) is 12.7. The van der Waals surface area contributed by atoms with E-state index in [9.17, 15) is 19.5 Å². The first kappa shape index (κ1) is 58.3. The van der Waals surface area contributed by atoms with Crippen molar-refractivity contribution in [3.8, 4) is 0 Å². The number of aliphatic carboxylic acids is 1. The van der Waals surface area contributed by atoms with E-state index in [0.29, 0.717) is 5.78 Å². The fourth-order valence-electron chi connectivity index (χ4n) is 8.48. The minimum atomic E-state index is -1.59. The zero-order valence-electron chi connectivity index (χ0n) is 40.2. The van der Waals surface area contributed by atoms with Crippen LogP contribution in [0.3, 0.4) is 0 Å². The Bertz CT molecular complexity index is 946. The van der Waals surface area contributed by atoms with Gasteiger partial charge in [-0.25, -0.2) is 4.79 Å². The molecule has 0 amide bonds. The Morgan fingerprint density at radius 2 is 0.700 bits per heavy atom. The van der Waals surface area contributed by atoms with E-state index in [1.165, 1.54) is 218 Å². The van der Waals surface area contributed by atoms with Gasteiger partial charge >= 0.3 is 11.9 Å². The first-order valence-electron chi connectivity index (χ1n) is 26.7. The molecule has 0 aromatic rings. The highest BCUT2D eigenvalue weighted by Gasteiger charge is 2.23. The van der Waals surface area contributed by atoms with Crippen molar-refractivity contribution < 1.29 is 29.3 Å². The van der Waals surface area contributed by atoms with Crippen molar-refractivity contribution in [3.63, 3.8) is 0 Å². The minimum Gasteiger partial charge on any atom is -0.481 e. The predicted octanol–water partition coefficient (Wildman–Crippen LogP) is 17.1. The molecular weight excluding hydrogens is 745 g/mol. The van der Waals surface area contributed by atoms with Crippen molar-refractivity contribution >= 4 is 17.7 Å². The molecule has 6 heteroatoms. The van der Waals surface area contributed by atoms with Crippen LogP contribution in [-0.2, 0) is 19.1 Å². The fourth-order valence-corrected chi connectivity index (χ4v) is 8.48. The van der Waals surface area contributed by atoms with Gasteiger partial charge < -0.3 is 14.9 Å². The van der Waals surface area contributed by atoms with Crippen LogP contribution in [-0.4, -0.2) is 40.1 Å². The monoisotopic (exact) mass is 847 g/mol. The molecule has 0 heterocycles. The minimum absolute atomic E-state index is 0.235. The first-order chi connectivity index (χ1) is 29.4. The van der Waals surface area contributed by atoms with Crippen molar-refractivity contribution in [2.24, 2.45) is 0 Å². The third kappa shape index (κ3) is 45.8. The lowest BCUT2D eigenvalue weighted by Gasteiger charge is -2.19. The van der Waals surface area contributed by atoms with Crippen LogP contribution in [0.1, 0.15) is 303 Å². The summed E-state index contributed by atoms with van der Waals surface area (Å²) in [7, 11) is 0. The number of ether oxygens (including phenoxy) is 1. The Labute approximate surface area is 373 Å². The zero-order chi connectivity index (χ0) is 43.8. The number of rotatable bonds is 50. The third-order valence-corrected chi connectivity index (χ3v) is 12.5. The highest BCUT2D eigenvalue weighted by atomic mass is 16.6. The quantitative estimate of drug-likeness (QED) is 0.0359. The molecule has 0 rings (SSSR count). The van der Waals surface area contributed by atoms with Gasteiger partial charge in [-0.1, -0.05) is 231 Å². The second kappa shape index (κ2) is 48.3. The number of aliphatic hydroxyl groups excluding tert-OH is 1. The number of hydrogen-bond acceptors (Lipinski definition) is 5. The Morgan fingerprint density at radius 3 is 1.02 bits per heavy atom. The number of carboxylic acids is 1. The standard InChI is InChI=1S/C54H102O6/c1-3-5-7-9-11-13-15-17-19-21-25-29-33-37-41-45-50(55)46-42-38-34-30-26-22-20-24-28-32-36-40-44-48-51(60-54(59)52(56)49-53(57)58)47-43-39-35-31-27-23-18-16-14-12-10-8-6-4-2/h17,19,51-52,56H,3-16,18,20-49H2,1-2H3,(H,57,58)/b19-17-. The molecule has 60 heavy (non-hydrogen) atoms. The lowest BCUT2D eigenvalue weighted by molar-refractivity contribution is -0.163. The third-order valence-electron chi connectivity index (χ3n) is 12.5. The maximum atomic E-state index is 12.4. The number of ketones is 1. The van der Waals surface area contributed by atoms with Crippen LogP contribution < -0.4 is 0 Å². The smallest absolute Gasteiger partial charge is 0.335 e.